The van der Waals surface area contributed by atoms with Gasteiger partial charge in [-0.15, -0.1) is 0 Å². The highest BCUT2D eigenvalue weighted by atomic mass is 16.3. The van der Waals surface area contributed by atoms with Gasteiger partial charge in [0.1, 0.15) is 0 Å². The minimum atomic E-state index is -0.690. The summed E-state index contributed by atoms with van der Waals surface area (Å²) in [6.07, 6.45) is 2.92. The molecule has 0 aromatic carbocycles. The SMILES string of the molecule is CCc1ccc(N2CCN(C)[C@@H](C(C)(C)O)C2)cn1. The predicted molar refractivity (Wildman–Crippen MR) is 78.5 cm³/mol. The van der Waals surface area contributed by atoms with Gasteiger partial charge in [0.2, 0.25) is 0 Å². The zero-order chi connectivity index (χ0) is 14.0. The average molecular weight is 263 g/mol. The van der Waals surface area contributed by atoms with E-state index in [0.717, 1.165) is 37.4 Å². The fraction of sp³-hybridized carbons (Fsp3) is 0.667. The van der Waals surface area contributed by atoms with Crippen LogP contribution in [0.25, 0.3) is 0 Å². The van der Waals surface area contributed by atoms with Crippen LogP contribution in [0.3, 0.4) is 0 Å². The van der Waals surface area contributed by atoms with Crippen molar-refractivity contribution in [2.75, 3.05) is 31.6 Å². The van der Waals surface area contributed by atoms with E-state index in [1.807, 2.05) is 20.0 Å². The van der Waals surface area contributed by atoms with Crippen LogP contribution < -0.4 is 4.90 Å². The zero-order valence-corrected chi connectivity index (χ0v) is 12.4. The largest absolute Gasteiger partial charge is 0.389 e. The summed E-state index contributed by atoms with van der Waals surface area (Å²) in [5.41, 5.74) is 1.58. The molecule has 2 rings (SSSR count). The number of aryl methyl sites for hydroxylation is 1. The van der Waals surface area contributed by atoms with E-state index < -0.39 is 5.60 Å². The normalized spacial score (nSPS) is 21.7. The lowest BCUT2D eigenvalue weighted by Crippen LogP contribution is -2.59. The summed E-state index contributed by atoms with van der Waals surface area (Å²) in [4.78, 5) is 9.02. The second kappa shape index (κ2) is 5.47. The molecule has 0 amide bonds. The average Bonchev–Trinajstić information content (AvgIpc) is 2.38. The standard InChI is InChI=1S/C15H25N3O/c1-5-12-6-7-13(10-16-12)18-9-8-17(4)14(11-18)15(2,3)19/h6-7,10,14,19H,5,8-9,11H2,1-4H3/t14-/m1/s1. The van der Waals surface area contributed by atoms with Crippen LogP contribution in [0.1, 0.15) is 26.5 Å². The van der Waals surface area contributed by atoms with E-state index in [0.29, 0.717) is 0 Å². The number of nitrogens with zero attached hydrogens (tertiary/aromatic N) is 3. The number of pyridine rings is 1. The van der Waals surface area contributed by atoms with E-state index in [1.165, 1.54) is 0 Å². The molecule has 106 valence electrons. The quantitative estimate of drug-likeness (QED) is 0.898. The van der Waals surface area contributed by atoms with Crippen molar-refractivity contribution in [1.82, 2.24) is 9.88 Å². The van der Waals surface area contributed by atoms with Crippen LogP contribution in [0.15, 0.2) is 18.3 Å². The number of likely N-dealkylation sites (N-methyl/N-ethyl adjacent to an activating group) is 1. The maximum Gasteiger partial charge on any atom is 0.0763 e. The molecule has 1 saturated heterocycles. The van der Waals surface area contributed by atoms with Gasteiger partial charge in [-0.25, -0.2) is 0 Å². The molecule has 0 spiro atoms. The van der Waals surface area contributed by atoms with Crippen LogP contribution >= 0.6 is 0 Å². The molecule has 1 atom stereocenters. The molecular formula is C15H25N3O. The van der Waals surface area contributed by atoms with Crippen molar-refractivity contribution >= 4 is 5.69 Å². The highest BCUT2D eigenvalue weighted by molar-refractivity contribution is 5.45. The summed E-state index contributed by atoms with van der Waals surface area (Å²) in [6, 6.07) is 4.37. The number of rotatable bonds is 3. The van der Waals surface area contributed by atoms with Gasteiger partial charge in [-0.2, -0.15) is 0 Å². The Hall–Kier alpha value is -1.13. The molecule has 0 aliphatic carbocycles. The lowest BCUT2D eigenvalue weighted by Gasteiger charge is -2.45. The molecule has 0 saturated carbocycles. The molecule has 0 radical (unpaired) electrons. The summed E-state index contributed by atoms with van der Waals surface area (Å²) >= 11 is 0. The van der Waals surface area contributed by atoms with Crippen LogP contribution in [0.2, 0.25) is 0 Å². The molecule has 0 unspecified atom stereocenters. The molecule has 1 N–H and O–H groups in total. The molecule has 1 aromatic heterocycles. The Balaban J connectivity index is 2.12. The fourth-order valence-electron chi connectivity index (χ4n) is 2.68. The first-order valence-corrected chi connectivity index (χ1v) is 7.04. The minimum absolute atomic E-state index is 0.145. The summed E-state index contributed by atoms with van der Waals surface area (Å²) in [5.74, 6) is 0. The van der Waals surface area contributed by atoms with Gasteiger partial charge >= 0.3 is 0 Å². The predicted octanol–water partition coefficient (Wildman–Crippen LogP) is 1.54. The first kappa shape index (κ1) is 14.3. The Kier molecular flexibility index (Phi) is 4.11. The third-order valence-corrected chi connectivity index (χ3v) is 4.00. The first-order valence-electron chi connectivity index (χ1n) is 7.04. The Morgan fingerprint density at radius 2 is 2.11 bits per heavy atom. The molecule has 4 nitrogen and oxygen atoms in total. The smallest absolute Gasteiger partial charge is 0.0763 e. The number of hydrogen-bond donors (Lipinski definition) is 1. The van der Waals surface area contributed by atoms with Gasteiger partial charge in [0.05, 0.1) is 23.5 Å². The number of piperazine rings is 1. The van der Waals surface area contributed by atoms with Gasteiger partial charge in [-0.3, -0.25) is 9.88 Å². The fourth-order valence-corrected chi connectivity index (χ4v) is 2.68. The first-order chi connectivity index (χ1) is 8.91. The number of hydrogen-bond acceptors (Lipinski definition) is 4. The second-order valence-corrected chi connectivity index (χ2v) is 5.96. The van der Waals surface area contributed by atoms with Crippen molar-refractivity contribution in [1.29, 1.82) is 0 Å². The second-order valence-electron chi connectivity index (χ2n) is 5.96. The van der Waals surface area contributed by atoms with Crippen LogP contribution in [-0.4, -0.2) is 53.3 Å². The van der Waals surface area contributed by atoms with E-state index in [9.17, 15) is 5.11 Å². The molecular weight excluding hydrogens is 238 g/mol. The molecule has 4 heteroatoms. The van der Waals surface area contributed by atoms with Gasteiger partial charge in [-0.05, 0) is 39.4 Å². The lowest BCUT2D eigenvalue weighted by molar-refractivity contribution is -0.0140. The highest BCUT2D eigenvalue weighted by Gasteiger charge is 2.35. The third-order valence-electron chi connectivity index (χ3n) is 4.00. The van der Waals surface area contributed by atoms with Gasteiger partial charge in [0.15, 0.2) is 0 Å². The van der Waals surface area contributed by atoms with Crippen LogP contribution in [0, 0.1) is 0 Å². The summed E-state index contributed by atoms with van der Waals surface area (Å²) in [5, 5.41) is 10.3. The van der Waals surface area contributed by atoms with Crippen molar-refractivity contribution in [3.8, 4) is 0 Å². The van der Waals surface area contributed by atoms with Gasteiger partial charge < -0.3 is 10.0 Å². The maximum atomic E-state index is 10.3. The highest BCUT2D eigenvalue weighted by Crippen LogP contribution is 2.23. The minimum Gasteiger partial charge on any atom is -0.389 e. The van der Waals surface area contributed by atoms with Crippen molar-refractivity contribution in [2.24, 2.45) is 0 Å². The van der Waals surface area contributed by atoms with E-state index in [1.54, 1.807) is 0 Å². The van der Waals surface area contributed by atoms with Gasteiger partial charge in [0, 0.05) is 25.3 Å². The van der Waals surface area contributed by atoms with Crippen molar-refractivity contribution in [3.63, 3.8) is 0 Å². The van der Waals surface area contributed by atoms with Crippen LogP contribution in [0.4, 0.5) is 5.69 Å². The monoisotopic (exact) mass is 263 g/mol. The Morgan fingerprint density at radius 1 is 1.37 bits per heavy atom. The summed E-state index contributed by atoms with van der Waals surface area (Å²) in [6.45, 7) is 8.67. The Morgan fingerprint density at radius 3 is 2.63 bits per heavy atom. The molecule has 1 aliphatic rings. The van der Waals surface area contributed by atoms with Gasteiger partial charge in [0.25, 0.3) is 0 Å². The molecule has 1 aliphatic heterocycles. The van der Waals surface area contributed by atoms with Gasteiger partial charge in [-0.1, -0.05) is 6.92 Å². The molecule has 19 heavy (non-hydrogen) atoms. The summed E-state index contributed by atoms with van der Waals surface area (Å²) < 4.78 is 0. The van der Waals surface area contributed by atoms with E-state index >= 15 is 0 Å². The number of aromatic nitrogens is 1. The topological polar surface area (TPSA) is 39.6 Å². The molecule has 1 fully saturated rings. The lowest BCUT2D eigenvalue weighted by atomic mass is 9.95. The van der Waals surface area contributed by atoms with E-state index in [4.69, 9.17) is 0 Å². The number of aliphatic hydroxyl groups is 1. The summed E-state index contributed by atoms with van der Waals surface area (Å²) in [7, 11) is 2.08. The number of anilines is 1. The zero-order valence-electron chi connectivity index (χ0n) is 12.4. The Bertz CT molecular complexity index is 410. The van der Waals surface area contributed by atoms with Crippen molar-refractivity contribution in [3.05, 3.63) is 24.0 Å². The Labute approximate surface area is 116 Å². The maximum absolute atomic E-state index is 10.3. The van der Waals surface area contributed by atoms with Crippen LogP contribution in [0.5, 0.6) is 0 Å². The molecule has 0 bridgehead atoms. The molecule has 2 heterocycles. The van der Waals surface area contributed by atoms with Crippen molar-refractivity contribution in [2.45, 2.75) is 38.8 Å². The van der Waals surface area contributed by atoms with Crippen LogP contribution in [-0.2, 0) is 6.42 Å². The van der Waals surface area contributed by atoms with Crippen molar-refractivity contribution < 1.29 is 5.11 Å². The third kappa shape index (κ3) is 3.25. The van der Waals surface area contributed by atoms with E-state index in [2.05, 4.69) is 40.9 Å². The van der Waals surface area contributed by atoms with E-state index in [-0.39, 0.29) is 6.04 Å². The molecule has 1 aromatic rings.